The Bertz CT molecular complexity index is 594. The van der Waals surface area contributed by atoms with E-state index in [2.05, 4.69) is 5.32 Å². The van der Waals surface area contributed by atoms with E-state index in [1.807, 2.05) is 24.8 Å². The van der Waals surface area contributed by atoms with Gasteiger partial charge in [0.15, 0.2) is 0 Å². The molecule has 0 aliphatic carbocycles. The van der Waals surface area contributed by atoms with Crippen LogP contribution in [0.3, 0.4) is 0 Å². The Morgan fingerprint density at radius 3 is 2.72 bits per heavy atom. The fraction of sp³-hybridized carbons (Fsp3) is 0.632. The Hall–Kier alpha value is -1.66. The minimum absolute atomic E-state index is 0.0319. The maximum atomic E-state index is 14.5. The van der Waals surface area contributed by atoms with Gasteiger partial charge in [0.1, 0.15) is 5.82 Å². The van der Waals surface area contributed by atoms with Crippen molar-refractivity contribution in [3.63, 3.8) is 0 Å². The zero-order valence-corrected chi connectivity index (χ0v) is 15.0. The number of carbonyl (C=O) groups excluding carboxylic acids is 1. The molecule has 0 radical (unpaired) electrons. The lowest BCUT2D eigenvalue weighted by atomic mass is 10.1. The van der Waals surface area contributed by atoms with Gasteiger partial charge in [0.05, 0.1) is 30.4 Å². The van der Waals surface area contributed by atoms with Crippen LogP contribution in [0.5, 0.6) is 0 Å². The number of hydrogen-bond donors (Lipinski definition) is 1. The van der Waals surface area contributed by atoms with Gasteiger partial charge >= 0.3 is 0 Å². The van der Waals surface area contributed by atoms with Gasteiger partial charge < -0.3 is 19.7 Å². The highest BCUT2D eigenvalue weighted by atomic mass is 19.1. The van der Waals surface area contributed by atoms with E-state index in [0.717, 1.165) is 25.0 Å². The molecule has 1 N–H and O–H groups in total. The Kier molecular flexibility index (Phi) is 5.91. The van der Waals surface area contributed by atoms with Gasteiger partial charge in [-0.15, -0.1) is 0 Å². The van der Waals surface area contributed by atoms with Gasteiger partial charge in [-0.3, -0.25) is 4.79 Å². The van der Waals surface area contributed by atoms with Gasteiger partial charge in [-0.05, 0) is 44.4 Å². The van der Waals surface area contributed by atoms with E-state index in [1.165, 1.54) is 6.07 Å². The quantitative estimate of drug-likeness (QED) is 0.887. The Labute approximate surface area is 148 Å². The molecule has 6 heteroatoms. The van der Waals surface area contributed by atoms with Crippen LogP contribution in [-0.4, -0.2) is 43.9 Å². The molecule has 2 fully saturated rings. The van der Waals surface area contributed by atoms with E-state index < -0.39 is 0 Å². The molecule has 3 rings (SSSR count). The molecule has 0 unspecified atom stereocenters. The number of halogens is 1. The van der Waals surface area contributed by atoms with E-state index >= 15 is 0 Å². The van der Waals surface area contributed by atoms with Crippen LogP contribution in [0.1, 0.15) is 38.7 Å². The first kappa shape index (κ1) is 18.1. The number of amides is 1. The van der Waals surface area contributed by atoms with Gasteiger partial charge in [-0.25, -0.2) is 4.39 Å². The fourth-order valence-corrected chi connectivity index (χ4v) is 3.58. The summed E-state index contributed by atoms with van der Waals surface area (Å²) in [7, 11) is 0. The molecule has 0 saturated carbocycles. The molecule has 138 valence electrons. The van der Waals surface area contributed by atoms with Crippen LogP contribution in [-0.2, 0) is 20.8 Å². The summed E-state index contributed by atoms with van der Waals surface area (Å²) < 4.78 is 25.7. The molecule has 1 aromatic rings. The third-order valence-electron chi connectivity index (χ3n) is 4.70. The van der Waals surface area contributed by atoms with Crippen LogP contribution in [0.15, 0.2) is 18.2 Å². The number of ether oxygens (including phenoxy) is 2. The number of rotatable bonds is 5. The number of nitrogens with one attached hydrogen (secondary N) is 1. The van der Waals surface area contributed by atoms with Gasteiger partial charge in [-0.2, -0.15) is 0 Å². The minimum Gasteiger partial charge on any atom is -0.378 e. The third kappa shape index (κ3) is 4.92. The Morgan fingerprint density at radius 1 is 1.32 bits per heavy atom. The van der Waals surface area contributed by atoms with Crippen molar-refractivity contribution >= 4 is 11.6 Å². The molecule has 2 aliphatic rings. The van der Waals surface area contributed by atoms with Crippen molar-refractivity contribution in [3.05, 3.63) is 29.6 Å². The summed E-state index contributed by atoms with van der Waals surface area (Å²) in [5.74, 6) is -0.306. The SMILES string of the molecule is C[C@@H]1CN(c2ccc(CNC(=O)C[C@@H]3CCCO3)cc2F)C[C@H](C)O1. The summed E-state index contributed by atoms with van der Waals surface area (Å²) in [6.07, 6.45) is 2.53. The number of morpholine rings is 1. The lowest BCUT2D eigenvalue weighted by Gasteiger charge is -2.37. The number of benzene rings is 1. The summed E-state index contributed by atoms with van der Waals surface area (Å²) in [6, 6.07) is 5.17. The lowest BCUT2D eigenvalue weighted by Crippen LogP contribution is -2.45. The largest absolute Gasteiger partial charge is 0.378 e. The molecule has 0 spiro atoms. The van der Waals surface area contributed by atoms with Crippen LogP contribution < -0.4 is 10.2 Å². The first-order valence-electron chi connectivity index (χ1n) is 9.08. The molecule has 2 aliphatic heterocycles. The topological polar surface area (TPSA) is 50.8 Å². The average Bonchev–Trinajstić information content (AvgIpc) is 3.05. The zero-order valence-electron chi connectivity index (χ0n) is 15.0. The molecule has 0 aromatic heterocycles. The monoisotopic (exact) mass is 350 g/mol. The molecule has 3 atom stereocenters. The van der Waals surface area contributed by atoms with E-state index in [9.17, 15) is 9.18 Å². The molecule has 2 saturated heterocycles. The van der Waals surface area contributed by atoms with Crippen LogP contribution in [0.25, 0.3) is 0 Å². The zero-order chi connectivity index (χ0) is 17.8. The van der Waals surface area contributed by atoms with Crippen molar-refractivity contribution in [2.75, 3.05) is 24.6 Å². The highest BCUT2D eigenvalue weighted by Crippen LogP contribution is 2.24. The van der Waals surface area contributed by atoms with Gasteiger partial charge in [-0.1, -0.05) is 6.07 Å². The second kappa shape index (κ2) is 8.15. The Morgan fingerprint density at radius 2 is 2.08 bits per heavy atom. The van der Waals surface area contributed by atoms with Crippen LogP contribution in [0.4, 0.5) is 10.1 Å². The first-order valence-corrected chi connectivity index (χ1v) is 9.08. The first-order chi connectivity index (χ1) is 12.0. The molecular formula is C19H27FN2O3. The van der Waals surface area contributed by atoms with Gasteiger partial charge in [0.2, 0.25) is 5.91 Å². The van der Waals surface area contributed by atoms with E-state index in [4.69, 9.17) is 9.47 Å². The molecule has 25 heavy (non-hydrogen) atoms. The molecule has 1 aromatic carbocycles. The maximum Gasteiger partial charge on any atom is 0.222 e. The highest BCUT2D eigenvalue weighted by Gasteiger charge is 2.24. The van der Waals surface area contributed by atoms with Crippen molar-refractivity contribution in [1.29, 1.82) is 0 Å². The smallest absolute Gasteiger partial charge is 0.222 e. The van der Waals surface area contributed by atoms with Gasteiger partial charge in [0, 0.05) is 26.2 Å². The number of hydrogen-bond acceptors (Lipinski definition) is 4. The number of nitrogens with zero attached hydrogens (tertiary/aromatic N) is 1. The van der Waals surface area contributed by atoms with Crippen LogP contribution in [0, 0.1) is 5.82 Å². The summed E-state index contributed by atoms with van der Waals surface area (Å²) in [4.78, 5) is 14.0. The molecule has 1 amide bonds. The number of anilines is 1. The Balaban J connectivity index is 1.55. The molecule has 2 heterocycles. The summed E-state index contributed by atoms with van der Waals surface area (Å²) in [6.45, 7) is 6.43. The van der Waals surface area contributed by atoms with Crippen LogP contribution in [0.2, 0.25) is 0 Å². The van der Waals surface area contributed by atoms with Gasteiger partial charge in [0.25, 0.3) is 0 Å². The van der Waals surface area contributed by atoms with E-state index in [-0.39, 0.29) is 30.0 Å². The van der Waals surface area contributed by atoms with Crippen molar-refractivity contribution in [1.82, 2.24) is 5.32 Å². The van der Waals surface area contributed by atoms with Crippen molar-refractivity contribution in [2.24, 2.45) is 0 Å². The molecular weight excluding hydrogens is 323 g/mol. The summed E-state index contributed by atoms with van der Waals surface area (Å²) in [5, 5.41) is 2.85. The van der Waals surface area contributed by atoms with Crippen LogP contribution >= 0.6 is 0 Å². The summed E-state index contributed by atoms with van der Waals surface area (Å²) in [5.41, 5.74) is 1.35. The normalized spacial score (nSPS) is 26.7. The van der Waals surface area contributed by atoms with E-state index in [1.54, 1.807) is 6.07 Å². The fourth-order valence-electron chi connectivity index (χ4n) is 3.58. The van der Waals surface area contributed by atoms with Crippen molar-refractivity contribution in [3.8, 4) is 0 Å². The lowest BCUT2D eigenvalue weighted by molar-refractivity contribution is -0.123. The standard InChI is InChI=1S/C19H27FN2O3/c1-13-11-22(12-14(2)25-13)18-6-5-15(8-17(18)20)10-21-19(23)9-16-4-3-7-24-16/h5-6,8,13-14,16H,3-4,7,9-12H2,1-2H3,(H,21,23)/t13-,14+,16-/m0/s1. The third-order valence-corrected chi connectivity index (χ3v) is 4.70. The van der Waals surface area contributed by atoms with Crippen molar-refractivity contribution in [2.45, 2.75) is 58.0 Å². The van der Waals surface area contributed by atoms with E-state index in [0.29, 0.717) is 31.7 Å². The maximum absolute atomic E-state index is 14.5. The predicted molar refractivity (Wildman–Crippen MR) is 94.1 cm³/mol. The molecule has 5 nitrogen and oxygen atoms in total. The average molecular weight is 350 g/mol. The number of carbonyl (C=O) groups is 1. The summed E-state index contributed by atoms with van der Waals surface area (Å²) >= 11 is 0. The predicted octanol–water partition coefficient (Wildman–Crippen LogP) is 2.62. The van der Waals surface area contributed by atoms with Crippen molar-refractivity contribution < 1.29 is 18.7 Å². The molecule has 0 bridgehead atoms. The second-order valence-electron chi connectivity index (χ2n) is 7.06. The second-order valence-corrected chi connectivity index (χ2v) is 7.06. The minimum atomic E-state index is -0.257. The highest BCUT2D eigenvalue weighted by molar-refractivity contribution is 5.76.